The number of nitrogens with zero attached hydrogens (tertiary/aromatic N) is 5. The van der Waals surface area contributed by atoms with Crippen LogP contribution in [0.5, 0.6) is 5.75 Å². The Balaban J connectivity index is 1.18. The first-order valence-corrected chi connectivity index (χ1v) is 16.0. The minimum atomic E-state index is -4.75. The number of anilines is 1. The molecule has 1 aliphatic heterocycles. The van der Waals surface area contributed by atoms with Crippen molar-refractivity contribution >= 4 is 28.6 Å². The van der Waals surface area contributed by atoms with E-state index >= 15 is 0 Å². The number of aromatic nitrogens is 3. The molecule has 242 valence electrons. The SMILES string of the molecule is Cc1cc(C)c(N2CCCS/C2=N\C(=O)NCC(C)(C)Cc2ccc(-c3ncn(-c4ccc(OC(F)(F)F)cc4)n3)cc2)c(C)c1. The largest absolute Gasteiger partial charge is 0.573 e. The second-order valence-corrected chi connectivity index (χ2v) is 13.3. The highest BCUT2D eigenvalue weighted by Gasteiger charge is 2.31. The lowest BCUT2D eigenvalue weighted by molar-refractivity contribution is -0.274. The molecule has 0 saturated carbocycles. The first kappa shape index (κ1) is 33.1. The zero-order valence-electron chi connectivity index (χ0n) is 26.5. The maximum absolute atomic E-state index is 13.0. The van der Waals surface area contributed by atoms with E-state index in [0.717, 1.165) is 47.1 Å². The number of urea groups is 1. The van der Waals surface area contributed by atoms with Crippen molar-refractivity contribution in [1.82, 2.24) is 20.1 Å². The van der Waals surface area contributed by atoms with Crippen LogP contribution in [0, 0.1) is 26.2 Å². The minimum Gasteiger partial charge on any atom is -0.406 e. The Morgan fingerprint density at radius 1 is 1.02 bits per heavy atom. The monoisotopic (exact) mass is 650 g/mol. The van der Waals surface area contributed by atoms with E-state index in [4.69, 9.17) is 0 Å². The van der Waals surface area contributed by atoms with E-state index in [0.29, 0.717) is 18.1 Å². The molecule has 0 radical (unpaired) electrons. The number of halogens is 3. The minimum absolute atomic E-state index is 0.233. The zero-order chi connectivity index (χ0) is 33.1. The Morgan fingerprint density at radius 3 is 2.35 bits per heavy atom. The third-order valence-electron chi connectivity index (χ3n) is 7.53. The maximum Gasteiger partial charge on any atom is 0.573 e. The van der Waals surface area contributed by atoms with E-state index in [1.165, 1.54) is 52.0 Å². The van der Waals surface area contributed by atoms with Crippen molar-refractivity contribution in [1.29, 1.82) is 0 Å². The smallest absolute Gasteiger partial charge is 0.406 e. The Morgan fingerprint density at radius 2 is 1.70 bits per heavy atom. The number of carbonyl (C=O) groups is 1. The second-order valence-electron chi connectivity index (χ2n) is 12.2. The number of nitrogens with one attached hydrogen (secondary N) is 1. The Hall–Kier alpha value is -4.32. The highest BCUT2D eigenvalue weighted by Crippen LogP contribution is 2.32. The van der Waals surface area contributed by atoms with Crippen LogP contribution in [0.25, 0.3) is 17.1 Å². The molecule has 3 aromatic carbocycles. The molecule has 2 amide bonds. The van der Waals surface area contributed by atoms with Crippen LogP contribution in [0.4, 0.5) is 23.7 Å². The Kier molecular flexibility index (Phi) is 9.76. The van der Waals surface area contributed by atoms with Crippen LogP contribution in [0.3, 0.4) is 0 Å². The van der Waals surface area contributed by atoms with Gasteiger partial charge < -0.3 is 15.0 Å². The highest BCUT2D eigenvalue weighted by molar-refractivity contribution is 8.14. The van der Waals surface area contributed by atoms with Crippen molar-refractivity contribution in [2.45, 2.75) is 53.8 Å². The molecule has 0 atom stereocenters. The van der Waals surface area contributed by atoms with Crippen molar-refractivity contribution in [2.75, 3.05) is 23.7 Å². The number of rotatable bonds is 8. The zero-order valence-corrected chi connectivity index (χ0v) is 27.3. The molecule has 1 aliphatic rings. The molecule has 46 heavy (non-hydrogen) atoms. The van der Waals surface area contributed by atoms with E-state index in [1.54, 1.807) is 11.8 Å². The van der Waals surface area contributed by atoms with Gasteiger partial charge in [-0.15, -0.1) is 18.3 Å². The van der Waals surface area contributed by atoms with Gasteiger partial charge in [0.05, 0.1) is 5.69 Å². The van der Waals surface area contributed by atoms with Gasteiger partial charge in [0.2, 0.25) is 0 Å². The van der Waals surface area contributed by atoms with Gasteiger partial charge in [-0.1, -0.05) is 67.6 Å². The molecule has 8 nitrogen and oxygen atoms in total. The summed E-state index contributed by atoms with van der Waals surface area (Å²) in [5, 5.41) is 8.22. The van der Waals surface area contributed by atoms with Crippen LogP contribution < -0.4 is 15.0 Å². The second kappa shape index (κ2) is 13.6. The number of ether oxygens (including phenoxy) is 1. The number of hydrogen-bond donors (Lipinski definition) is 1. The van der Waals surface area contributed by atoms with E-state index in [1.807, 2.05) is 24.3 Å². The van der Waals surface area contributed by atoms with Crippen molar-refractivity contribution in [3.05, 3.63) is 89.2 Å². The van der Waals surface area contributed by atoms with Gasteiger partial charge in [0.25, 0.3) is 0 Å². The number of alkyl halides is 3. The lowest BCUT2D eigenvalue weighted by atomic mass is 9.85. The van der Waals surface area contributed by atoms with Crippen molar-refractivity contribution < 1.29 is 22.7 Å². The van der Waals surface area contributed by atoms with Gasteiger partial charge in [0.1, 0.15) is 12.1 Å². The molecule has 0 spiro atoms. The van der Waals surface area contributed by atoms with E-state index in [2.05, 4.69) is 76.8 Å². The standard InChI is InChI=1S/C34H37F3N6O2S/c1-22-17-23(2)29(24(3)18-22)42-15-6-16-46-32(42)40-31(44)38-20-33(4,5)19-25-7-9-26(10-8-25)30-39-21-43(41-30)27-11-13-28(14-12-27)45-34(35,36)37/h7-14,17-18,21H,6,15-16,19-20H2,1-5H3,(H,38,44)/b40-32-. The predicted octanol–water partition coefficient (Wildman–Crippen LogP) is 8.04. The van der Waals surface area contributed by atoms with Gasteiger partial charge >= 0.3 is 12.4 Å². The molecule has 4 aromatic rings. The van der Waals surface area contributed by atoms with Gasteiger partial charge in [0, 0.05) is 30.1 Å². The van der Waals surface area contributed by atoms with Crippen LogP contribution in [-0.2, 0) is 6.42 Å². The fourth-order valence-corrected chi connectivity index (χ4v) is 6.55. The van der Waals surface area contributed by atoms with Gasteiger partial charge in [-0.05, 0) is 80.0 Å². The van der Waals surface area contributed by atoms with E-state index < -0.39 is 6.36 Å². The molecular formula is C34H37F3N6O2S. The first-order chi connectivity index (χ1) is 21.8. The summed E-state index contributed by atoms with van der Waals surface area (Å²) in [5.74, 6) is 1.11. The average molecular weight is 651 g/mol. The molecule has 0 unspecified atom stereocenters. The number of amidine groups is 1. The Bertz CT molecular complexity index is 1690. The van der Waals surface area contributed by atoms with Crippen LogP contribution in [0.15, 0.2) is 72.0 Å². The van der Waals surface area contributed by atoms with Crippen molar-refractivity contribution in [3.8, 4) is 22.8 Å². The number of aryl methyl sites for hydroxylation is 3. The number of benzene rings is 3. The molecule has 2 heterocycles. The maximum atomic E-state index is 13.0. The summed E-state index contributed by atoms with van der Waals surface area (Å²) in [5.41, 5.74) is 6.91. The summed E-state index contributed by atoms with van der Waals surface area (Å²) < 4.78 is 42.7. The third-order valence-corrected chi connectivity index (χ3v) is 8.59. The normalized spacial score (nSPS) is 14.9. The number of aliphatic imine (C=N–C) groups is 1. The molecule has 0 aliphatic carbocycles. The van der Waals surface area contributed by atoms with Crippen LogP contribution in [0.1, 0.15) is 42.5 Å². The molecule has 12 heteroatoms. The van der Waals surface area contributed by atoms with Crippen molar-refractivity contribution in [3.63, 3.8) is 0 Å². The van der Waals surface area contributed by atoms with E-state index in [9.17, 15) is 18.0 Å². The van der Waals surface area contributed by atoms with Gasteiger partial charge in [0.15, 0.2) is 11.0 Å². The third kappa shape index (κ3) is 8.48. The Labute approximate surface area is 271 Å². The topological polar surface area (TPSA) is 84.6 Å². The fourth-order valence-electron chi connectivity index (χ4n) is 5.61. The summed E-state index contributed by atoms with van der Waals surface area (Å²) in [6.45, 7) is 11.8. The quantitative estimate of drug-likeness (QED) is 0.208. The van der Waals surface area contributed by atoms with Gasteiger partial charge in [-0.2, -0.15) is 4.99 Å². The van der Waals surface area contributed by atoms with Gasteiger partial charge in [-0.3, -0.25) is 0 Å². The molecule has 1 saturated heterocycles. The number of amides is 2. The number of thioether (sulfide) groups is 1. The van der Waals surface area contributed by atoms with Crippen LogP contribution >= 0.6 is 11.8 Å². The summed E-state index contributed by atoms with van der Waals surface area (Å²) in [4.78, 5) is 24.0. The average Bonchev–Trinajstić information content (AvgIpc) is 3.47. The molecule has 0 bridgehead atoms. The summed E-state index contributed by atoms with van der Waals surface area (Å²) in [7, 11) is 0. The van der Waals surface area contributed by atoms with Gasteiger partial charge in [-0.25, -0.2) is 14.5 Å². The summed E-state index contributed by atoms with van der Waals surface area (Å²) >= 11 is 1.61. The first-order valence-electron chi connectivity index (χ1n) is 15.0. The molecule has 5 rings (SSSR count). The molecule has 1 N–H and O–H groups in total. The van der Waals surface area contributed by atoms with E-state index in [-0.39, 0.29) is 17.2 Å². The van der Waals surface area contributed by atoms with Crippen LogP contribution in [0.2, 0.25) is 0 Å². The fraction of sp³-hybridized carbons (Fsp3) is 0.353. The predicted molar refractivity (Wildman–Crippen MR) is 177 cm³/mol. The lowest BCUT2D eigenvalue weighted by Crippen LogP contribution is -2.38. The lowest BCUT2D eigenvalue weighted by Gasteiger charge is -2.32. The highest BCUT2D eigenvalue weighted by atomic mass is 32.2. The summed E-state index contributed by atoms with van der Waals surface area (Å²) in [6.07, 6.45) is -1.49. The summed E-state index contributed by atoms with van der Waals surface area (Å²) in [6, 6.07) is 17.3. The molecule has 1 fully saturated rings. The number of hydrogen-bond acceptors (Lipinski definition) is 5. The van der Waals surface area contributed by atoms with Crippen molar-refractivity contribution in [2.24, 2.45) is 10.4 Å². The molecule has 1 aromatic heterocycles. The van der Waals surface area contributed by atoms with Crippen LogP contribution in [-0.4, -0.2) is 51.2 Å². The molecular weight excluding hydrogens is 613 g/mol. The number of carbonyl (C=O) groups excluding carboxylic acids is 1.